The fourth-order valence-corrected chi connectivity index (χ4v) is 7.52. The molecule has 228 valence electrons. The number of carboxylic acids is 2. The summed E-state index contributed by atoms with van der Waals surface area (Å²) in [6.07, 6.45) is 0.354. The Bertz CT molecular complexity index is 1690. The van der Waals surface area contributed by atoms with Gasteiger partial charge in [-0.05, 0) is 25.8 Å². The third-order valence-electron chi connectivity index (χ3n) is 8.21. The van der Waals surface area contributed by atoms with E-state index < -0.39 is 87.9 Å². The third-order valence-corrected chi connectivity index (χ3v) is 9.55. The number of ether oxygens (including phenoxy) is 1. The summed E-state index contributed by atoms with van der Waals surface area (Å²) in [5.41, 5.74) is -2.51. The van der Waals surface area contributed by atoms with Gasteiger partial charge in [0.15, 0.2) is 5.82 Å². The molecule has 1 aliphatic carbocycles. The Balaban J connectivity index is 1.23. The van der Waals surface area contributed by atoms with Crippen molar-refractivity contribution >= 4 is 46.6 Å². The van der Waals surface area contributed by atoms with Gasteiger partial charge in [0.05, 0.1) is 33.9 Å². The van der Waals surface area contributed by atoms with Crippen LogP contribution in [0.1, 0.15) is 47.6 Å². The van der Waals surface area contributed by atoms with E-state index in [1.54, 1.807) is 0 Å². The number of alkyl carbamates (subject to hydrolysis) is 1. The lowest BCUT2D eigenvalue weighted by molar-refractivity contribution is -0.156. The molecule has 5 atom stereocenters. The highest BCUT2D eigenvalue weighted by Crippen LogP contribution is 2.50. The van der Waals surface area contributed by atoms with Crippen LogP contribution < -0.4 is 16.1 Å². The van der Waals surface area contributed by atoms with Crippen LogP contribution in [0.25, 0.3) is 10.9 Å². The minimum atomic E-state index is -1.50. The van der Waals surface area contributed by atoms with Crippen molar-refractivity contribution < 1.29 is 48.0 Å². The van der Waals surface area contributed by atoms with Crippen LogP contribution in [0, 0.1) is 17.6 Å². The van der Waals surface area contributed by atoms with Gasteiger partial charge in [-0.3, -0.25) is 14.5 Å². The molecule has 0 spiro atoms. The van der Waals surface area contributed by atoms with Crippen LogP contribution >= 0.6 is 11.8 Å². The van der Waals surface area contributed by atoms with E-state index in [0.29, 0.717) is 12.8 Å². The number of aromatic carboxylic acids is 1. The van der Waals surface area contributed by atoms with Crippen LogP contribution in [0.15, 0.2) is 27.7 Å². The molecule has 1 unspecified atom stereocenters. The Labute approximate surface area is 245 Å². The van der Waals surface area contributed by atoms with Crippen LogP contribution in [0.2, 0.25) is 0 Å². The Kier molecular flexibility index (Phi) is 7.17. The van der Waals surface area contributed by atoms with Gasteiger partial charge in [-0.1, -0.05) is 11.8 Å². The van der Waals surface area contributed by atoms with Crippen molar-refractivity contribution in [1.82, 2.24) is 20.1 Å². The van der Waals surface area contributed by atoms with Crippen LogP contribution in [0.5, 0.6) is 0 Å². The lowest BCUT2D eigenvalue weighted by Crippen LogP contribution is -2.60. The number of rotatable bonds is 8. The number of amides is 2. The molecule has 4 aliphatic rings. The zero-order chi connectivity index (χ0) is 30.9. The molecule has 43 heavy (non-hydrogen) atoms. The minimum Gasteiger partial charge on any atom is -0.477 e. The second-order valence-corrected chi connectivity index (χ2v) is 12.2. The predicted octanol–water partition coefficient (Wildman–Crippen LogP) is 1.30. The number of carboxylic acid groups (broad SMARTS) is 2. The van der Waals surface area contributed by atoms with Gasteiger partial charge >= 0.3 is 18.0 Å². The molecular weight excluding hydrogens is 594 g/mol. The lowest BCUT2D eigenvalue weighted by Gasteiger charge is -2.43. The summed E-state index contributed by atoms with van der Waals surface area (Å²) in [6.45, 7) is 1.11. The maximum atomic E-state index is 16.1. The number of carbonyl (C=O) groups is 4. The summed E-state index contributed by atoms with van der Waals surface area (Å²) in [4.78, 5) is 62.5. The standard InChI is InChI=1S/C27H26F2N4O9S/c1-9(34)17-23(36)33-21(26(39)40)16(43-24(17)33)8-42-27(41)31-15-6-30-5-12(15)18-14(28)4-11-20(19(18)29)32(10-2-3-10)7-13(22(11)35)25(37)38/h4,7,9-10,12,15,17,24,30,34H,2-3,5-6,8H2,1H3,(H,31,41)(H,37,38)(H,39,40)/t9-,12+,15?,17-,24-/m1/s1. The largest absolute Gasteiger partial charge is 0.477 e. The number of aromatic nitrogens is 1. The first kappa shape index (κ1) is 29.1. The minimum absolute atomic E-state index is 0.0643. The van der Waals surface area contributed by atoms with Gasteiger partial charge in [-0.15, -0.1) is 0 Å². The maximum absolute atomic E-state index is 16.1. The molecule has 16 heteroatoms. The number of fused-ring (bicyclic) bond motifs is 2. The van der Waals surface area contributed by atoms with E-state index in [4.69, 9.17) is 4.74 Å². The molecule has 1 saturated carbocycles. The van der Waals surface area contributed by atoms with Gasteiger partial charge in [0, 0.05) is 36.8 Å². The Hall–Kier alpha value is -4.02. The van der Waals surface area contributed by atoms with Crippen LogP contribution in [0.3, 0.4) is 0 Å². The molecule has 3 aliphatic heterocycles. The normalized spacial score (nSPS) is 25.5. The van der Waals surface area contributed by atoms with Crippen molar-refractivity contribution in [3.8, 4) is 0 Å². The van der Waals surface area contributed by atoms with Crippen molar-refractivity contribution in [3.05, 3.63) is 55.9 Å². The molecule has 5 N–H and O–H groups in total. The molecule has 3 fully saturated rings. The van der Waals surface area contributed by atoms with E-state index in [1.807, 2.05) is 0 Å². The average Bonchev–Trinajstić information content (AvgIpc) is 3.59. The quantitative estimate of drug-likeness (QED) is 0.268. The number of aliphatic carboxylic acids is 1. The monoisotopic (exact) mass is 620 g/mol. The average molecular weight is 621 g/mol. The fraction of sp³-hybridized carbons (Fsp3) is 0.444. The lowest BCUT2D eigenvalue weighted by atomic mass is 9.91. The molecule has 1 aromatic heterocycles. The molecule has 0 radical (unpaired) electrons. The van der Waals surface area contributed by atoms with E-state index in [9.17, 15) is 39.3 Å². The maximum Gasteiger partial charge on any atom is 0.407 e. The number of hydrogen-bond acceptors (Lipinski definition) is 9. The molecule has 2 aromatic rings. The van der Waals surface area contributed by atoms with Crippen molar-refractivity contribution in [3.63, 3.8) is 0 Å². The number of nitrogens with one attached hydrogen (secondary N) is 2. The van der Waals surface area contributed by atoms with Gasteiger partial charge in [0.2, 0.25) is 11.3 Å². The van der Waals surface area contributed by atoms with Gasteiger partial charge in [0.25, 0.3) is 0 Å². The molecule has 6 rings (SSSR count). The van der Waals surface area contributed by atoms with E-state index in [1.165, 1.54) is 11.5 Å². The summed E-state index contributed by atoms with van der Waals surface area (Å²) in [7, 11) is 0. The first-order valence-electron chi connectivity index (χ1n) is 13.5. The highest BCUT2D eigenvalue weighted by atomic mass is 32.2. The highest BCUT2D eigenvalue weighted by Gasteiger charge is 2.57. The zero-order valence-corrected chi connectivity index (χ0v) is 23.3. The number of halogens is 2. The topological polar surface area (TPSA) is 188 Å². The molecule has 0 bridgehead atoms. The van der Waals surface area contributed by atoms with Crippen LogP contribution in [-0.2, 0) is 14.3 Å². The number of aliphatic hydroxyl groups is 1. The SMILES string of the molecule is C[C@@H](O)[C@@H]1C(=O)N2C(C(=O)O)=C(COC(=O)NC3CNC[C@@H]3c3c(F)cc4c(=O)c(C(=O)O)cn(C5CC5)c4c3F)S[C@H]12. The highest BCUT2D eigenvalue weighted by molar-refractivity contribution is 8.04. The number of nitrogens with zero attached hydrogens (tertiary/aromatic N) is 2. The summed E-state index contributed by atoms with van der Waals surface area (Å²) < 4.78 is 38.1. The molecule has 13 nitrogen and oxygen atoms in total. The Morgan fingerprint density at radius 2 is 1.91 bits per heavy atom. The molecule has 1 aromatic carbocycles. The van der Waals surface area contributed by atoms with E-state index in [0.717, 1.165) is 28.9 Å². The number of carbonyl (C=O) groups excluding carboxylic acids is 2. The summed E-state index contributed by atoms with van der Waals surface area (Å²) in [5.74, 6) is -7.26. The number of aliphatic hydroxyl groups excluding tert-OH is 1. The second kappa shape index (κ2) is 10.6. The summed E-state index contributed by atoms with van der Waals surface area (Å²) >= 11 is 1.000. The van der Waals surface area contributed by atoms with E-state index in [-0.39, 0.29) is 40.8 Å². The van der Waals surface area contributed by atoms with Crippen LogP contribution in [0.4, 0.5) is 13.6 Å². The van der Waals surface area contributed by atoms with E-state index >= 15 is 8.78 Å². The predicted molar refractivity (Wildman–Crippen MR) is 145 cm³/mol. The first-order valence-corrected chi connectivity index (χ1v) is 14.4. The Morgan fingerprint density at radius 3 is 2.53 bits per heavy atom. The first-order chi connectivity index (χ1) is 20.4. The number of benzene rings is 1. The molecule has 2 amide bonds. The van der Waals surface area contributed by atoms with Crippen LogP contribution in [-0.4, -0.2) is 85.9 Å². The van der Waals surface area contributed by atoms with Crippen molar-refractivity contribution in [1.29, 1.82) is 0 Å². The fourth-order valence-electron chi connectivity index (χ4n) is 6.00. The zero-order valence-electron chi connectivity index (χ0n) is 22.5. The Morgan fingerprint density at radius 1 is 1.19 bits per heavy atom. The molecule has 2 saturated heterocycles. The number of thioether (sulfide) groups is 1. The molecule has 4 heterocycles. The van der Waals surface area contributed by atoms with Gasteiger partial charge < -0.3 is 35.3 Å². The summed E-state index contributed by atoms with van der Waals surface area (Å²) in [6, 6.07) is -0.271. The number of pyridine rings is 1. The van der Waals surface area contributed by atoms with Crippen molar-refractivity contribution in [2.45, 2.75) is 49.2 Å². The van der Waals surface area contributed by atoms with Gasteiger partial charge in [-0.2, -0.15) is 0 Å². The molecular formula is C27H26F2N4O9S. The van der Waals surface area contributed by atoms with Crippen molar-refractivity contribution in [2.75, 3.05) is 19.7 Å². The van der Waals surface area contributed by atoms with Gasteiger partial charge in [0.1, 0.15) is 29.1 Å². The van der Waals surface area contributed by atoms with E-state index in [2.05, 4.69) is 10.6 Å². The summed E-state index contributed by atoms with van der Waals surface area (Å²) in [5, 5.41) is 33.4. The third kappa shape index (κ3) is 4.73. The smallest absolute Gasteiger partial charge is 0.407 e. The number of hydrogen-bond donors (Lipinski definition) is 5. The van der Waals surface area contributed by atoms with Gasteiger partial charge in [-0.25, -0.2) is 23.2 Å². The number of β-lactam (4-membered cyclic amide) rings is 1. The van der Waals surface area contributed by atoms with Crippen molar-refractivity contribution in [2.24, 2.45) is 5.92 Å². The second-order valence-electron chi connectivity index (χ2n) is 10.9.